The molecule has 0 saturated heterocycles. The molecule has 6 nitrogen and oxygen atoms in total. The van der Waals surface area contributed by atoms with E-state index in [-0.39, 0.29) is 0 Å². The molecule has 2 aromatic carbocycles. The predicted molar refractivity (Wildman–Crippen MR) is 111 cm³/mol. The van der Waals surface area contributed by atoms with Gasteiger partial charge in [0.05, 0.1) is 18.2 Å². The number of rotatable bonds is 4. The van der Waals surface area contributed by atoms with Crippen molar-refractivity contribution < 1.29 is 9.63 Å². The molecule has 6 heteroatoms. The lowest BCUT2D eigenvalue weighted by atomic mass is 10.1. The maximum atomic E-state index is 9.77. The van der Waals surface area contributed by atoms with Crippen molar-refractivity contribution in [2.75, 3.05) is 0 Å². The molecule has 2 aromatic heterocycles. The third kappa shape index (κ3) is 4.30. The molecule has 0 saturated carbocycles. The molecule has 1 N–H and O–H groups in total. The molecule has 30 heavy (non-hydrogen) atoms. The molecule has 0 bridgehead atoms. The number of nitrogens with zero attached hydrogens (tertiary/aromatic N) is 4. The minimum absolute atomic E-state index is 0.467. The Bertz CT molecular complexity index is 1260. The largest absolute Gasteiger partial charge is 0.385 e. The van der Waals surface area contributed by atoms with Gasteiger partial charge < -0.3 is 14.2 Å². The summed E-state index contributed by atoms with van der Waals surface area (Å²) in [6, 6.07) is 18.9. The van der Waals surface area contributed by atoms with Gasteiger partial charge in [-0.1, -0.05) is 23.1 Å². The number of imidazole rings is 1. The zero-order chi connectivity index (χ0) is 20.9. The van der Waals surface area contributed by atoms with E-state index in [1.807, 2.05) is 47.0 Å². The second kappa shape index (κ2) is 8.48. The van der Waals surface area contributed by atoms with E-state index in [1.54, 1.807) is 31.5 Å². The topological polar surface area (TPSA) is 87.9 Å². The highest BCUT2D eigenvalue weighted by molar-refractivity contribution is 5.59. The van der Waals surface area contributed by atoms with E-state index >= 15 is 0 Å². The molecule has 2 heterocycles. The average molecular weight is 394 g/mol. The Morgan fingerprint density at radius 3 is 2.60 bits per heavy atom. The second-order valence-electron chi connectivity index (χ2n) is 6.79. The molecule has 0 aliphatic rings. The number of hydrogen-bond acceptors (Lipinski definition) is 5. The first kappa shape index (κ1) is 19.2. The Balaban J connectivity index is 1.48. The van der Waals surface area contributed by atoms with Crippen molar-refractivity contribution >= 4 is 0 Å². The van der Waals surface area contributed by atoms with E-state index in [1.165, 1.54) is 0 Å². The maximum Gasteiger partial charge on any atom is 0.167 e. The van der Waals surface area contributed by atoms with Gasteiger partial charge in [0.15, 0.2) is 5.76 Å². The van der Waals surface area contributed by atoms with Gasteiger partial charge in [-0.25, -0.2) is 4.98 Å². The van der Waals surface area contributed by atoms with Crippen molar-refractivity contribution in [1.29, 1.82) is 5.26 Å². The molecule has 1 unspecified atom stereocenters. The van der Waals surface area contributed by atoms with Crippen molar-refractivity contribution in [3.8, 4) is 29.2 Å². The zero-order valence-electron chi connectivity index (χ0n) is 16.3. The smallest absolute Gasteiger partial charge is 0.167 e. The number of hydrogen-bond donors (Lipinski definition) is 1. The Hall–Kier alpha value is -4.13. The number of aliphatic hydroxyl groups is 1. The summed E-state index contributed by atoms with van der Waals surface area (Å²) in [5.41, 5.74) is 3.89. The van der Waals surface area contributed by atoms with Crippen molar-refractivity contribution in [3.63, 3.8) is 0 Å². The third-order valence-electron chi connectivity index (χ3n) is 4.52. The number of aliphatic hydroxyl groups excluding tert-OH is 1. The molecule has 0 fully saturated rings. The van der Waals surface area contributed by atoms with Crippen LogP contribution in [0.3, 0.4) is 0 Å². The van der Waals surface area contributed by atoms with Crippen LogP contribution in [0.15, 0.2) is 71.5 Å². The maximum absolute atomic E-state index is 9.77. The Morgan fingerprint density at radius 1 is 1.07 bits per heavy atom. The van der Waals surface area contributed by atoms with E-state index < -0.39 is 6.10 Å². The van der Waals surface area contributed by atoms with Gasteiger partial charge in [-0.2, -0.15) is 5.26 Å². The van der Waals surface area contributed by atoms with Crippen LogP contribution in [-0.4, -0.2) is 19.8 Å². The summed E-state index contributed by atoms with van der Waals surface area (Å²) in [6.07, 6.45) is 2.80. The van der Waals surface area contributed by atoms with E-state index in [0.29, 0.717) is 23.7 Å². The van der Waals surface area contributed by atoms with Crippen LogP contribution in [0.1, 0.15) is 41.2 Å². The Labute approximate surface area is 174 Å². The first-order valence-corrected chi connectivity index (χ1v) is 9.39. The fourth-order valence-electron chi connectivity index (χ4n) is 3.05. The predicted octanol–water partition coefficient (Wildman–Crippen LogP) is 3.91. The first-order chi connectivity index (χ1) is 14.6. The van der Waals surface area contributed by atoms with Crippen LogP contribution >= 0.6 is 0 Å². The molecule has 1 atom stereocenters. The van der Waals surface area contributed by atoms with Gasteiger partial charge in [-0.3, -0.25) is 0 Å². The zero-order valence-corrected chi connectivity index (χ0v) is 16.3. The third-order valence-corrected chi connectivity index (χ3v) is 4.52. The summed E-state index contributed by atoms with van der Waals surface area (Å²) >= 11 is 0. The molecular formula is C24H18N4O2. The van der Waals surface area contributed by atoms with E-state index in [9.17, 15) is 5.11 Å². The highest BCUT2D eigenvalue weighted by Crippen LogP contribution is 2.22. The highest BCUT2D eigenvalue weighted by Gasteiger charge is 2.12. The van der Waals surface area contributed by atoms with Gasteiger partial charge in [0.2, 0.25) is 0 Å². The van der Waals surface area contributed by atoms with E-state index in [2.05, 4.69) is 28.1 Å². The minimum Gasteiger partial charge on any atom is -0.385 e. The van der Waals surface area contributed by atoms with Crippen LogP contribution in [0.25, 0.3) is 11.3 Å². The highest BCUT2D eigenvalue weighted by atomic mass is 16.5. The van der Waals surface area contributed by atoms with Gasteiger partial charge in [-0.15, -0.1) is 0 Å². The molecule has 0 aliphatic carbocycles. The summed E-state index contributed by atoms with van der Waals surface area (Å²) in [6.45, 7) is 2.15. The normalized spacial score (nSPS) is 11.4. The van der Waals surface area contributed by atoms with E-state index in [4.69, 9.17) is 9.78 Å². The molecule has 0 amide bonds. The summed E-state index contributed by atoms with van der Waals surface area (Å²) < 4.78 is 7.32. The van der Waals surface area contributed by atoms with Crippen molar-refractivity contribution in [1.82, 2.24) is 14.7 Å². The van der Waals surface area contributed by atoms with Crippen LogP contribution in [0.5, 0.6) is 0 Å². The van der Waals surface area contributed by atoms with Gasteiger partial charge in [0.25, 0.3) is 0 Å². The first-order valence-electron chi connectivity index (χ1n) is 9.39. The monoisotopic (exact) mass is 394 g/mol. The summed E-state index contributed by atoms with van der Waals surface area (Å²) in [7, 11) is 0. The van der Waals surface area contributed by atoms with Crippen LogP contribution in [0, 0.1) is 23.2 Å². The molecular weight excluding hydrogens is 376 g/mol. The van der Waals surface area contributed by atoms with Gasteiger partial charge in [0.1, 0.15) is 17.6 Å². The SMILES string of the molecule is CC(O)c1nccn1Cc1cc(-c2ccc(C#Cc3cccc(C#N)c3)cc2)on1. The van der Waals surface area contributed by atoms with Crippen LogP contribution in [-0.2, 0) is 6.54 Å². The van der Waals surface area contributed by atoms with E-state index in [0.717, 1.165) is 22.4 Å². The summed E-state index contributed by atoms with van der Waals surface area (Å²) in [5, 5.41) is 22.9. The molecule has 146 valence electrons. The quantitative estimate of drug-likeness (QED) is 0.530. The van der Waals surface area contributed by atoms with Gasteiger partial charge in [-0.05, 0) is 49.4 Å². The lowest BCUT2D eigenvalue weighted by Gasteiger charge is -2.07. The number of nitriles is 1. The van der Waals surface area contributed by atoms with Gasteiger partial charge >= 0.3 is 0 Å². The molecule has 0 aliphatic heterocycles. The molecule has 0 spiro atoms. The van der Waals surface area contributed by atoms with Gasteiger partial charge in [0, 0.05) is 35.2 Å². The lowest BCUT2D eigenvalue weighted by Crippen LogP contribution is -2.07. The summed E-state index contributed by atoms with van der Waals surface area (Å²) in [5.74, 6) is 7.42. The summed E-state index contributed by atoms with van der Waals surface area (Å²) in [4.78, 5) is 4.16. The molecule has 4 rings (SSSR count). The standard InChI is InChI=1S/C24H18N4O2/c1-17(29)24-26-11-12-28(24)16-22-14-23(30-27-22)21-9-7-18(8-10-21)5-6-19-3-2-4-20(13-19)15-25/h2-4,7-14,17,29H,16H2,1H3. The molecule has 0 radical (unpaired) electrons. The van der Waals surface area contributed by atoms with Crippen LogP contribution in [0.4, 0.5) is 0 Å². The van der Waals surface area contributed by atoms with Crippen molar-refractivity contribution in [2.45, 2.75) is 19.6 Å². The number of aromatic nitrogens is 3. The Kier molecular flexibility index (Phi) is 5.43. The van der Waals surface area contributed by atoms with Crippen molar-refractivity contribution in [2.24, 2.45) is 0 Å². The van der Waals surface area contributed by atoms with Crippen molar-refractivity contribution in [3.05, 3.63) is 95.2 Å². The fourth-order valence-corrected chi connectivity index (χ4v) is 3.05. The average Bonchev–Trinajstić information content (AvgIpc) is 3.43. The fraction of sp³-hybridized carbons (Fsp3) is 0.125. The van der Waals surface area contributed by atoms with Crippen LogP contribution in [0.2, 0.25) is 0 Å². The molecule has 4 aromatic rings. The lowest BCUT2D eigenvalue weighted by molar-refractivity contribution is 0.184. The van der Waals surface area contributed by atoms with Crippen LogP contribution < -0.4 is 0 Å². The minimum atomic E-state index is -0.651. The second-order valence-corrected chi connectivity index (χ2v) is 6.79. The number of benzene rings is 2. The Morgan fingerprint density at radius 2 is 1.83 bits per heavy atom.